The van der Waals surface area contributed by atoms with Crippen LogP contribution in [0.1, 0.15) is 5.76 Å². The maximum absolute atomic E-state index is 13.1. The van der Waals surface area contributed by atoms with Gasteiger partial charge in [0.05, 0.1) is 11.4 Å². The normalized spacial score (nSPS) is 15.3. The zero-order valence-electron chi connectivity index (χ0n) is 15.5. The molecule has 8 heteroatoms. The zero-order valence-corrected chi connectivity index (χ0v) is 17.1. The van der Waals surface area contributed by atoms with Crippen LogP contribution in [-0.4, -0.2) is 29.2 Å². The second-order valence-corrected chi connectivity index (χ2v) is 7.77. The van der Waals surface area contributed by atoms with E-state index in [-0.39, 0.29) is 29.1 Å². The van der Waals surface area contributed by atoms with E-state index in [2.05, 4.69) is 0 Å². The molecule has 1 aliphatic heterocycles. The summed E-state index contributed by atoms with van der Waals surface area (Å²) in [6, 6.07) is 16.1. The molecule has 0 aliphatic carbocycles. The van der Waals surface area contributed by atoms with Gasteiger partial charge in [0, 0.05) is 16.7 Å². The van der Waals surface area contributed by atoms with Crippen LogP contribution in [0.2, 0.25) is 5.02 Å². The number of thioether (sulfide) groups is 1. The van der Waals surface area contributed by atoms with Crippen LogP contribution in [0.25, 0.3) is 17.4 Å². The molecule has 0 spiro atoms. The van der Waals surface area contributed by atoms with Crippen molar-refractivity contribution in [1.29, 1.82) is 0 Å². The lowest BCUT2D eigenvalue weighted by molar-refractivity contribution is -0.123. The van der Waals surface area contributed by atoms with Gasteiger partial charge >= 0.3 is 0 Å². The summed E-state index contributed by atoms with van der Waals surface area (Å²) in [6.07, 6.45) is 1.53. The van der Waals surface area contributed by atoms with Gasteiger partial charge in [0.25, 0.3) is 11.1 Å². The molecule has 2 heterocycles. The summed E-state index contributed by atoms with van der Waals surface area (Å²) in [5, 5.41) is 0.232. The Morgan fingerprint density at radius 1 is 1.03 bits per heavy atom. The number of halogens is 2. The van der Waals surface area contributed by atoms with Gasteiger partial charge in [-0.3, -0.25) is 14.5 Å². The molecule has 3 aromatic rings. The quantitative estimate of drug-likeness (QED) is 0.447. The first-order valence-electron chi connectivity index (χ1n) is 8.99. The summed E-state index contributed by atoms with van der Waals surface area (Å²) in [4.78, 5) is 26.2. The Balaban J connectivity index is 1.40. The molecule has 30 heavy (non-hydrogen) atoms. The maximum atomic E-state index is 13.1. The lowest BCUT2D eigenvalue weighted by Gasteiger charge is -2.13. The number of rotatable bonds is 6. The first-order valence-corrected chi connectivity index (χ1v) is 10.2. The minimum Gasteiger partial charge on any atom is -0.492 e. The molecule has 152 valence electrons. The van der Waals surface area contributed by atoms with E-state index < -0.39 is 5.91 Å². The first kappa shape index (κ1) is 20.3. The largest absolute Gasteiger partial charge is 0.492 e. The monoisotopic (exact) mass is 443 g/mol. The predicted molar refractivity (Wildman–Crippen MR) is 114 cm³/mol. The van der Waals surface area contributed by atoms with Crippen molar-refractivity contribution < 1.29 is 23.1 Å². The molecule has 0 N–H and O–H groups in total. The van der Waals surface area contributed by atoms with E-state index in [1.165, 1.54) is 18.2 Å². The SMILES string of the molecule is O=C1S/C(=C\c2ccc(-c3ccc(F)cc3)o2)C(=O)N1CCOc1ccc(Cl)cc1. The van der Waals surface area contributed by atoms with E-state index >= 15 is 0 Å². The third-order valence-electron chi connectivity index (χ3n) is 4.30. The van der Waals surface area contributed by atoms with Crippen LogP contribution in [0.15, 0.2) is 70.0 Å². The Kier molecular flexibility index (Phi) is 5.92. The lowest BCUT2D eigenvalue weighted by atomic mass is 10.2. The number of hydrogen-bond acceptors (Lipinski definition) is 5. The molecule has 1 aliphatic rings. The fraction of sp³-hybridized carbons (Fsp3) is 0.0909. The molecule has 0 saturated carbocycles. The van der Waals surface area contributed by atoms with E-state index in [0.29, 0.717) is 27.9 Å². The van der Waals surface area contributed by atoms with E-state index in [9.17, 15) is 14.0 Å². The van der Waals surface area contributed by atoms with Crippen molar-refractivity contribution in [3.63, 3.8) is 0 Å². The summed E-state index contributed by atoms with van der Waals surface area (Å²) in [5.41, 5.74) is 0.712. The first-order chi connectivity index (χ1) is 14.5. The Morgan fingerprint density at radius 3 is 2.50 bits per heavy atom. The van der Waals surface area contributed by atoms with Crippen LogP contribution in [0.3, 0.4) is 0 Å². The fourth-order valence-corrected chi connectivity index (χ4v) is 3.78. The second-order valence-electron chi connectivity index (χ2n) is 6.34. The van der Waals surface area contributed by atoms with E-state index in [0.717, 1.165) is 16.7 Å². The van der Waals surface area contributed by atoms with Gasteiger partial charge in [-0.1, -0.05) is 11.6 Å². The Morgan fingerprint density at radius 2 is 1.77 bits per heavy atom. The topological polar surface area (TPSA) is 59.8 Å². The van der Waals surface area contributed by atoms with Crippen LogP contribution < -0.4 is 4.74 Å². The molecule has 0 unspecified atom stereocenters. The molecule has 1 saturated heterocycles. The number of benzene rings is 2. The smallest absolute Gasteiger partial charge is 0.293 e. The number of carbonyl (C=O) groups is 2. The maximum Gasteiger partial charge on any atom is 0.293 e. The number of furan rings is 1. The standard InChI is InChI=1S/C22H15ClFNO4S/c23-15-3-7-17(8-4-15)28-12-11-25-21(26)20(30-22(25)27)13-18-9-10-19(29-18)14-1-5-16(24)6-2-14/h1-10,13H,11-12H2/b20-13-. The van der Waals surface area contributed by atoms with Gasteiger partial charge in [0.2, 0.25) is 0 Å². The van der Waals surface area contributed by atoms with Crippen molar-refractivity contribution in [2.45, 2.75) is 0 Å². The van der Waals surface area contributed by atoms with Gasteiger partial charge < -0.3 is 9.15 Å². The molecular formula is C22H15ClFNO4S. The van der Waals surface area contributed by atoms with Gasteiger partial charge in [-0.05, 0) is 72.4 Å². The highest BCUT2D eigenvalue weighted by molar-refractivity contribution is 8.18. The summed E-state index contributed by atoms with van der Waals surface area (Å²) < 4.78 is 24.3. The summed E-state index contributed by atoms with van der Waals surface area (Å²) in [5.74, 6) is 0.837. The van der Waals surface area contributed by atoms with E-state index in [4.69, 9.17) is 20.8 Å². The van der Waals surface area contributed by atoms with Crippen molar-refractivity contribution in [1.82, 2.24) is 4.90 Å². The molecule has 0 atom stereocenters. The van der Waals surface area contributed by atoms with Crippen LogP contribution in [-0.2, 0) is 4.79 Å². The minimum atomic E-state index is -0.399. The summed E-state index contributed by atoms with van der Waals surface area (Å²) in [6.45, 7) is 0.298. The molecular weight excluding hydrogens is 429 g/mol. The number of ether oxygens (including phenoxy) is 1. The Hall–Kier alpha value is -3.03. The van der Waals surface area contributed by atoms with Crippen molar-refractivity contribution in [2.75, 3.05) is 13.2 Å². The molecule has 0 bridgehead atoms. The van der Waals surface area contributed by atoms with Crippen LogP contribution in [0, 0.1) is 5.82 Å². The predicted octanol–water partition coefficient (Wildman–Crippen LogP) is 5.85. The van der Waals surface area contributed by atoms with Crippen molar-refractivity contribution in [3.05, 3.63) is 82.2 Å². The number of amides is 2. The van der Waals surface area contributed by atoms with E-state index in [1.807, 2.05) is 0 Å². The van der Waals surface area contributed by atoms with Crippen molar-refractivity contribution in [2.24, 2.45) is 0 Å². The Labute approximate surface area is 181 Å². The molecule has 4 rings (SSSR count). The summed E-state index contributed by atoms with van der Waals surface area (Å²) in [7, 11) is 0. The molecule has 0 radical (unpaired) electrons. The van der Waals surface area contributed by atoms with Gasteiger partial charge in [0.15, 0.2) is 0 Å². The minimum absolute atomic E-state index is 0.129. The van der Waals surface area contributed by atoms with Gasteiger partial charge in [0.1, 0.15) is 29.7 Å². The zero-order chi connectivity index (χ0) is 21.1. The molecule has 5 nitrogen and oxygen atoms in total. The second kappa shape index (κ2) is 8.77. The van der Waals surface area contributed by atoms with Gasteiger partial charge in [-0.25, -0.2) is 4.39 Å². The third kappa shape index (κ3) is 4.58. The third-order valence-corrected chi connectivity index (χ3v) is 5.46. The fourth-order valence-electron chi connectivity index (χ4n) is 2.81. The van der Waals surface area contributed by atoms with E-state index in [1.54, 1.807) is 48.5 Å². The van der Waals surface area contributed by atoms with Gasteiger partial charge in [-0.15, -0.1) is 0 Å². The molecule has 1 fully saturated rings. The number of imide groups is 1. The summed E-state index contributed by atoms with van der Waals surface area (Å²) >= 11 is 6.68. The highest BCUT2D eigenvalue weighted by Gasteiger charge is 2.35. The van der Waals surface area contributed by atoms with Crippen LogP contribution in [0.5, 0.6) is 5.75 Å². The highest BCUT2D eigenvalue weighted by atomic mass is 35.5. The van der Waals surface area contributed by atoms with Crippen molar-refractivity contribution >= 4 is 40.6 Å². The van der Waals surface area contributed by atoms with Gasteiger partial charge in [-0.2, -0.15) is 0 Å². The Bertz CT molecular complexity index is 1110. The average molecular weight is 444 g/mol. The number of carbonyl (C=O) groups excluding carboxylic acids is 2. The van der Waals surface area contributed by atoms with Crippen LogP contribution >= 0.6 is 23.4 Å². The molecule has 1 aromatic heterocycles. The highest BCUT2D eigenvalue weighted by Crippen LogP contribution is 2.33. The number of nitrogens with zero attached hydrogens (tertiary/aromatic N) is 1. The number of hydrogen-bond donors (Lipinski definition) is 0. The van der Waals surface area contributed by atoms with Crippen molar-refractivity contribution in [3.8, 4) is 17.1 Å². The lowest BCUT2D eigenvalue weighted by Crippen LogP contribution is -2.32. The molecule has 2 amide bonds. The molecule has 2 aromatic carbocycles. The van der Waals surface area contributed by atoms with Crippen LogP contribution in [0.4, 0.5) is 9.18 Å². The average Bonchev–Trinajstić information content (AvgIpc) is 3.30.